The van der Waals surface area contributed by atoms with E-state index in [1.807, 2.05) is 0 Å². The van der Waals surface area contributed by atoms with Crippen molar-refractivity contribution in [3.05, 3.63) is 0 Å². The van der Waals surface area contributed by atoms with Crippen LogP contribution in [0.25, 0.3) is 0 Å². The van der Waals surface area contributed by atoms with E-state index in [0.29, 0.717) is 5.54 Å². The lowest BCUT2D eigenvalue weighted by Crippen LogP contribution is -2.41. The van der Waals surface area contributed by atoms with Gasteiger partial charge in [0.25, 0.3) is 0 Å². The third-order valence-electron chi connectivity index (χ3n) is 4.74. The van der Waals surface area contributed by atoms with E-state index in [0.717, 1.165) is 11.8 Å². The van der Waals surface area contributed by atoms with Gasteiger partial charge in [0.2, 0.25) is 0 Å². The zero-order valence-corrected chi connectivity index (χ0v) is 14.5. The van der Waals surface area contributed by atoms with Gasteiger partial charge in [-0.1, -0.05) is 66.2 Å². The summed E-state index contributed by atoms with van der Waals surface area (Å²) in [4.78, 5) is 0. The van der Waals surface area contributed by atoms with E-state index in [1.165, 1.54) is 57.8 Å². The van der Waals surface area contributed by atoms with Crippen LogP contribution in [0.15, 0.2) is 0 Å². The van der Waals surface area contributed by atoms with Crippen LogP contribution in [0, 0.1) is 11.8 Å². The highest BCUT2D eigenvalue weighted by Crippen LogP contribution is 2.27. The minimum absolute atomic E-state index is 0.346. The molecule has 0 aliphatic rings. The fourth-order valence-corrected chi connectivity index (χ4v) is 3.15. The number of nitrogens with one attached hydrogen (secondary N) is 1. The van der Waals surface area contributed by atoms with Crippen molar-refractivity contribution in [2.45, 2.75) is 97.9 Å². The fourth-order valence-electron chi connectivity index (χ4n) is 3.15. The summed E-state index contributed by atoms with van der Waals surface area (Å²) in [5.74, 6) is 1.71. The van der Waals surface area contributed by atoms with E-state index >= 15 is 0 Å². The zero-order valence-electron chi connectivity index (χ0n) is 14.5. The summed E-state index contributed by atoms with van der Waals surface area (Å²) >= 11 is 0. The summed E-state index contributed by atoms with van der Waals surface area (Å²) in [6.07, 6.45) is 12.3. The molecule has 0 saturated heterocycles. The van der Waals surface area contributed by atoms with Gasteiger partial charge in [0.15, 0.2) is 0 Å². The predicted octanol–water partition coefficient (Wildman–Crippen LogP) is 5.79. The lowest BCUT2D eigenvalue weighted by Gasteiger charge is -2.33. The second kappa shape index (κ2) is 10.7. The van der Waals surface area contributed by atoms with Crippen molar-refractivity contribution in [3.8, 4) is 0 Å². The third kappa shape index (κ3) is 9.49. The van der Waals surface area contributed by atoms with E-state index in [-0.39, 0.29) is 0 Å². The van der Waals surface area contributed by atoms with E-state index in [1.54, 1.807) is 0 Å². The molecule has 19 heavy (non-hydrogen) atoms. The first-order chi connectivity index (χ1) is 8.97. The molecule has 0 amide bonds. The summed E-state index contributed by atoms with van der Waals surface area (Å²) in [6.45, 7) is 11.8. The normalized spacial score (nSPS) is 18.0. The Morgan fingerprint density at radius 2 is 1.58 bits per heavy atom. The summed E-state index contributed by atoms with van der Waals surface area (Å²) < 4.78 is 0. The molecule has 0 spiro atoms. The molecule has 0 aliphatic heterocycles. The van der Waals surface area contributed by atoms with E-state index in [9.17, 15) is 0 Å². The molecular weight excluding hydrogens is 230 g/mol. The Labute approximate surface area is 122 Å². The van der Waals surface area contributed by atoms with Gasteiger partial charge in [-0.25, -0.2) is 0 Å². The largest absolute Gasteiger partial charge is 0.315 e. The van der Waals surface area contributed by atoms with E-state index < -0.39 is 0 Å². The first-order valence-corrected chi connectivity index (χ1v) is 8.66. The Morgan fingerprint density at radius 3 is 2.11 bits per heavy atom. The molecule has 0 aliphatic carbocycles. The molecule has 1 N–H and O–H groups in total. The Bertz CT molecular complexity index is 202. The number of hydrogen-bond donors (Lipinski definition) is 1. The van der Waals surface area contributed by atoms with Crippen molar-refractivity contribution in [1.29, 1.82) is 0 Å². The zero-order chi connectivity index (χ0) is 14.7. The first-order valence-electron chi connectivity index (χ1n) is 8.66. The topological polar surface area (TPSA) is 12.0 Å². The average Bonchev–Trinajstić information content (AvgIpc) is 2.38. The van der Waals surface area contributed by atoms with Crippen LogP contribution >= 0.6 is 0 Å². The lowest BCUT2D eigenvalue weighted by atomic mass is 9.81. The van der Waals surface area contributed by atoms with Crippen LogP contribution < -0.4 is 5.32 Å². The minimum atomic E-state index is 0.346. The van der Waals surface area contributed by atoms with Crippen LogP contribution in [0.5, 0.6) is 0 Å². The first kappa shape index (κ1) is 19.0. The summed E-state index contributed by atoms with van der Waals surface area (Å²) in [5.41, 5.74) is 0.346. The molecule has 0 fully saturated rings. The quantitative estimate of drug-likeness (QED) is 0.442. The van der Waals surface area contributed by atoms with Gasteiger partial charge in [-0.2, -0.15) is 0 Å². The van der Waals surface area contributed by atoms with Crippen molar-refractivity contribution in [1.82, 2.24) is 5.32 Å². The van der Waals surface area contributed by atoms with Crippen LogP contribution in [0.4, 0.5) is 0 Å². The maximum atomic E-state index is 3.59. The summed E-state index contributed by atoms with van der Waals surface area (Å²) in [5, 5.41) is 3.59. The molecule has 0 aromatic carbocycles. The highest BCUT2D eigenvalue weighted by molar-refractivity contribution is 4.83. The van der Waals surface area contributed by atoms with Crippen molar-refractivity contribution in [2.24, 2.45) is 11.8 Å². The molecule has 0 radical (unpaired) electrons. The van der Waals surface area contributed by atoms with Gasteiger partial charge in [-0.15, -0.1) is 0 Å². The van der Waals surface area contributed by atoms with Gasteiger partial charge >= 0.3 is 0 Å². The summed E-state index contributed by atoms with van der Waals surface area (Å²) in [6, 6.07) is 0. The molecule has 0 aromatic heterocycles. The maximum Gasteiger partial charge on any atom is 0.0152 e. The number of hydrogen-bond acceptors (Lipinski definition) is 1. The van der Waals surface area contributed by atoms with Gasteiger partial charge in [-0.05, 0) is 45.1 Å². The van der Waals surface area contributed by atoms with Crippen LogP contribution in [0.2, 0.25) is 0 Å². The standard InChI is InChI=1S/C18H39N/c1-7-9-10-11-12-13-18(5,19-6)15-17(4)14-16(3)8-2/h16-17,19H,7-15H2,1-6H3. The van der Waals surface area contributed by atoms with Crippen molar-refractivity contribution in [3.63, 3.8) is 0 Å². The second-order valence-electron chi connectivity index (χ2n) is 7.03. The fraction of sp³-hybridized carbons (Fsp3) is 1.00. The molecular formula is C18H39N. The monoisotopic (exact) mass is 269 g/mol. The Hall–Kier alpha value is -0.0400. The molecule has 0 bridgehead atoms. The van der Waals surface area contributed by atoms with Crippen molar-refractivity contribution < 1.29 is 0 Å². The van der Waals surface area contributed by atoms with Crippen LogP contribution in [0.1, 0.15) is 92.4 Å². The van der Waals surface area contributed by atoms with Crippen LogP contribution in [0.3, 0.4) is 0 Å². The molecule has 0 rings (SSSR count). The molecule has 3 unspecified atom stereocenters. The highest BCUT2D eigenvalue weighted by Gasteiger charge is 2.24. The summed E-state index contributed by atoms with van der Waals surface area (Å²) in [7, 11) is 2.14. The Morgan fingerprint density at radius 1 is 0.947 bits per heavy atom. The minimum Gasteiger partial charge on any atom is -0.315 e. The van der Waals surface area contributed by atoms with Gasteiger partial charge in [0.1, 0.15) is 0 Å². The molecule has 0 heterocycles. The number of rotatable bonds is 12. The van der Waals surface area contributed by atoms with Crippen LogP contribution in [-0.2, 0) is 0 Å². The Kier molecular flexibility index (Phi) is 10.7. The van der Waals surface area contributed by atoms with Gasteiger partial charge in [0, 0.05) is 5.54 Å². The lowest BCUT2D eigenvalue weighted by molar-refractivity contribution is 0.250. The van der Waals surface area contributed by atoms with E-state index in [4.69, 9.17) is 0 Å². The Balaban J connectivity index is 3.99. The SMILES string of the molecule is CCCCCCCC(C)(CC(C)CC(C)CC)NC. The van der Waals surface area contributed by atoms with Crippen molar-refractivity contribution >= 4 is 0 Å². The number of unbranched alkanes of at least 4 members (excludes halogenated alkanes) is 4. The predicted molar refractivity (Wildman–Crippen MR) is 88.7 cm³/mol. The second-order valence-corrected chi connectivity index (χ2v) is 7.03. The van der Waals surface area contributed by atoms with Gasteiger partial charge < -0.3 is 5.32 Å². The third-order valence-corrected chi connectivity index (χ3v) is 4.74. The van der Waals surface area contributed by atoms with Gasteiger partial charge in [0.05, 0.1) is 0 Å². The smallest absolute Gasteiger partial charge is 0.0152 e. The molecule has 3 atom stereocenters. The molecule has 116 valence electrons. The van der Waals surface area contributed by atoms with Crippen molar-refractivity contribution in [2.75, 3.05) is 7.05 Å². The van der Waals surface area contributed by atoms with Gasteiger partial charge in [-0.3, -0.25) is 0 Å². The van der Waals surface area contributed by atoms with Crippen LogP contribution in [-0.4, -0.2) is 12.6 Å². The highest BCUT2D eigenvalue weighted by atomic mass is 14.9. The molecule has 0 saturated carbocycles. The maximum absolute atomic E-state index is 3.59. The molecule has 0 aromatic rings. The molecule has 1 nitrogen and oxygen atoms in total. The molecule has 1 heteroatoms. The van der Waals surface area contributed by atoms with E-state index in [2.05, 4.69) is 47.0 Å². The average molecular weight is 270 g/mol.